The summed E-state index contributed by atoms with van der Waals surface area (Å²) in [6, 6.07) is 6.61. The zero-order chi connectivity index (χ0) is 12.4. The van der Waals surface area contributed by atoms with Crippen LogP contribution < -0.4 is 10.5 Å². The van der Waals surface area contributed by atoms with Crippen molar-refractivity contribution >= 4 is 0 Å². The highest BCUT2D eigenvalue weighted by molar-refractivity contribution is 5.40. The second-order valence-corrected chi connectivity index (χ2v) is 5.40. The van der Waals surface area contributed by atoms with Crippen molar-refractivity contribution in [2.45, 2.75) is 31.7 Å². The van der Waals surface area contributed by atoms with Crippen LogP contribution in [0.25, 0.3) is 0 Å². The van der Waals surface area contributed by atoms with Gasteiger partial charge in [0.05, 0.1) is 0 Å². The Kier molecular flexibility index (Phi) is 3.52. The molecule has 1 saturated heterocycles. The van der Waals surface area contributed by atoms with E-state index >= 15 is 0 Å². The zero-order valence-corrected chi connectivity index (χ0v) is 10.9. The molecule has 1 heterocycles. The van der Waals surface area contributed by atoms with E-state index < -0.39 is 0 Å². The lowest BCUT2D eigenvalue weighted by Crippen LogP contribution is -2.25. The normalized spacial score (nSPS) is 23.3. The van der Waals surface area contributed by atoms with Gasteiger partial charge in [-0.2, -0.15) is 0 Å². The molecule has 1 aliphatic carbocycles. The van der Waals surface area contributed by atoms with E-state index in [1.807, 2.05) is 0 Å². The molecular weight excluding hydrogens is 224 g/mol. The minimum Gasteiger partial charge on any atom is -0.492 e. The van der Waals surface area contributed by atoms with Crippen molar-refractivity contribution in [3.63, 3.8) is 0 Å². The van der Waals surface area contributed by atoms with E-state index in [9.17, 15) is 0 Å². The molecule has 98 valence electrons. The second kappa shape index (κ2) is 5.29. The molecule has 0 amide bonds. The van der Waals surface area contributed by atoms with Crippen LogP contribution in [0.2, 0.25) is 0 Å². The predicted molar refractivity (Wildman–Crippen MR) is 72.9 cm³/mol. The number of nitrogens with zero attached hydrogens (tertiary/aromatic N) is 1. The fourth-order valence-corrected chi connectivity index (χ4v) is 3.02. The Labute approximate surface area is 109 Å². The van der Waals surface area contributed by atoms with Gasteiger partial charge in [-0.1, -0.05) is 6.07 Å². The maximum Gasteiger partial charge on any atom is 0.119 e. The number of benzene rings is 1. The van der Waals surface area contributed by atoms with E-state index in [0.717, 1.165) is 31.7 Å². The zero-order valence-electron chi connectivity index (χ0n) is 10.9. The van der Waals surface area contributed by atoms with Gasteiger partial charge in [0.15, 0.2) is 0 Å². The van der Waals surface area contributed by atoms with Gasteiger partial charge in [-0.3, -0.25) is 4.90 Å². The number of ether oxygens (including phenoxy) is 1. The highest BCUT2D eigenvalue weighted by Crippen LogP contribution is 2.31. The van der Waals surface area contributed by atoms with Gasteiger partial charge < -0.3 is 10.5 Å². The molecule has 3 heteroatoms. The van der Waals surface area contributed by atoms with Crippen molar-refractivity contribution in [3.8, 4) is 5.75 Å². The Morgan fingerprint density at radius 3 is 2.94 bits per heavy atom. The first-order chi connectivity index (χ1) is 8.83. The number of likely N-dealkylation sites (tertiary alicyclic amines) is 1. The van der Waals surface area contributed by atoms with E-state index in [4.69, 9.17) is 10.5 Å². The van der Waals surface area contributed by atoms with E-state index in [-0.39, 0.29) is 6.04 Å². The molecule has 0 bridgehead atoms. The SMILES string of the molecule is N[C@H]1CCc2cc(OCCN3CCCC3)ccc21. The molecule has 0 spiro atoms. The summed E-state index contributed by atoms with van der Waals surface area (Å²) >= 11 is 0. The quantitative estimate of drug-likeness (QED) is 0.884. The Bertz CT molecular complexity index is 413. The number of nitrogens with two attached hydrogens (primary N) is 1. The molecule has 0 unspecified atom stereocenters. The Morgan fingerprint density at radius 1 is 1.28 bits per heavy atom. The lowest BCUT2D eigenvalue weighted by Gasteiger charge is -2.15. The maximum atomic E-state index is 6.03. The monoisotopic (exact) mass is 246 g/mol. The molecule has 3 rings (SSSR count). The first kappa shape index (κ1) is 12.0. The maximum absolute atomic E-state index is 6.03. The fraction of sp³-hybridized carbons (Fsp3) is 0.600. The van der Waals surface area contributed by atoms with Gasteiger partial charge >= 0.3 is 0 Å². The molecule has 1 aliphatic heterocycles. The third-order valence-electron chi connectivity index (χ3n) is 4.11. The second-order valence-electron chi connectivity index (χ2n) is 5.40. The van der Waals surface area contributed by atoms with Crippen molar-refractivity contribution in [3.05, 3.63) is 29.3 Å². The lowest BCUT2D eigenvalue weighted by molar-refractivity contribution is 0.237. The average Bonchev–Trinajstić information content (AvgIpc) is 3.00. The minimum atomic E-state index is 0.235. The highest BCUT2D eigenvalue weighted by atomic mass is 16.5. The molecule has 18 heavy (non-hydrogen) atoms. The smallest absolute Gasteiger partial charge is 0.119 e. The summed E-state index contributed by atoms with van der Waals surface area (Å²) in [5, 5.41) is 0. The summed E-state index contributed by atoms with van der Waals surface area (Å²) in [6.07, 6.45) is 4.86. The summed E-state index contributed by atoms with van der Waals surface area (Å²) in [7, 11) is 0. The van der Waals surface area contributed by atoms with Crippen molar-refractivity contribution in [1.82, 2.24) is 4.90 Å². The van der Waals surface area contributed by atoms with E-state index in [0.29, 0.717) is 0 Å². The highest BCUT2D eigenvalue weighted by Gasteiger charge is 2.19. The number of rotatable bonds is 4. The van der Waals surface area contributed by atoms with Crippen molar-refractivity contribution in [2.75, 3.05) is 26.2 Å². The molecule has 0 saturated carbocycles. The largest absolute Gasteiger partial charge is 0.492 e. The van der Waals surface area contributed by atoms with Crippen molar-refractivity contribution in [2.24, 2.45) is 5.73 Å². The van der Waals surface area contributed by atoms with Gasteiger partial charge in [-0.05, 0) is 62.0 Å². The van der Waals surface area contributed by atoms with Crippen LogP contribution >= 0.6 is 0 Å². The van der Waals surface area contributed by atoms with Gasteiger partial charge in [-0.15, -0.1) is 0 Å². The third-order valence-corrected chi connectivity index (χ3v) is 4.11. The predicted octanol–water partition coefficient (Wildman–Crippen LogP) is 2.11. The van der Waals surface area contributed by atoms with E-state index in [1.54, 1.807) is 0 Å². The van der Waals surface area contributed by atoms with Gasteiger partial charge in [0, 0.05) is 12.6 Å². The molecule has 1 fully saturated rings. The first-order valence-corrected chi connectivity index (χ1v) is 7.06. The summed E-state index contributed by atoms with van der Waals surface area (Å²) in [5.74, 6) is 1.00. The van der Waals surface area contributed by atoms with Crippen LogP contribution in [0, 0.1) is 0 Å². The fourth-order valence-electron chi connectivity index (χ4n) is 3.02. The van der Waals surface area contributed by atoms with Gasteiger partial charge in [-0.25, -0.2) is 0 Å². The number of hydrogen-bond donors (Lipinski definition) is 1. The summed E-state index contributed by atoms with van der Waals surface area (Å²) in [5.41, 5.74) is 8.72. The Balaban J connectivity index is 1.53. The lowest BCUT2D eigenvalue weighted by atomic mass is 10.1. The van der Waals surface area contributed by atoms with Crippen molar-refractivity contribution < 1.29 is 4.74 Å². The molecule has 2 aliphatic rings. The summed E-state index contributed by atoms with van der Waals surface area (Å²) in [6.45, 7) is 4.33. The standard InChI is InChI=1S/C15H22N2O/c16-15-6-3-12-11-13(4-5-14(12)15)18-10-9-17-7-1-2-8-17/h4-5,11,15H,1-3,6-10,16H2/t15-/m0/s1. The molecule has 2 N–H and O–H groups in total. The van der Waals surface area contributed by atoms with Crippen LogP contribution in [0.15, 0.2) is 18.2 Å². The molecule has 1 aromatic rings. The van der Waals surface area contributed by atoms with Crippen LogP contribution in [-0.2, 0) is 6.42 Å². The van der Waals surface area contributed by atoms with E-state index in [1.165, 1.54) is 37.1 Å². The molecule has 1 aromatic carbocycles. The van der Waals surface area contributed by atoms with Gasteiger partial charge in [0.2, 0.25) is 0 Å². The first-order valence-electron chi connectivity index (χ1n) is 7.06. The Morgan fingerprint density at radius 2 is 2.11 bits per heavy atom. The van der Waals surface area contributed by atoms with Gasteiger partial charge in [0.1, 0.15) is 12.4 Å². The van der Waals surface area contributed by atoms with E-state index in [2.05, 4.69) is 23.1 Å². The third kappa shape index (κ3) is 2.52. The molecular formula is C15H22N2O. The average molecular weight is 246 g/mol. The van der Waals surface area contributed by atoms with Crippen LogP contribution in [0.5, 0.6) is 5.75 Å². The van der Waals surface area contributed by atoms with Crippen LogP contribution in [0.3, 0.4) is 0 Å². The van der Waals surface area contributed by atoms with Crippen LogP contribution in [0.1, 0.15) is 36.4 Å². The number of fused-ring (bicyclic) bond motifs is 1. The van der Waals surface area contributed by atoms with Gasteiger partial charge in [0.25, 0.3) is 0 Å². The number of aryl methyl sites for hydroxylation is 1. The number of hydrogen-bond acceptors (Lipinski definition) is 3. The minimum absolute atomic E-state index is 0.235. The van der Waals surface area contributed by atoms with Crippen molar-refractivity contribution in [1.29, 1.82) is 0 Å². The molecule has 1 atom stereocenters. The topological polar surface area (TPSA) is 38.5 Å². The summed E-state index contributed by atoms with van der Waals surface area (Å²) in [4.78, 5) is 2.48. The molecule has 0 radical (unpaired) electrons. The summed E-state index contributed by atoms with van der Waals surface area (Å²) < 4.78 is 5.85. The molecule has 0 aromatic heterocycles. The van der Waals surface area contributed by atoms with Crippen LogP contribution in [-0.4, -0.2) is 31.1 Å². The van der Waals surface area contributed by atoms with Crippen LogP contribution in [0.4, 0.5) is 0 Å². The Hall–Kier alpha value is -1.06. The molecule has 3 nitrogen and oxygen atoms in total.